The summed E-state index contributed by atoms with van der Waals surface area (Å²) in [6, 6.07) is 4.09. The summed E-state index contributed by atoms with van der Waals surface area (Å²) in [7, 11) is 1.70. The van der Waals surface area contributed by atoms with Gasteiger partial charge in [0.15, 0.2) is 0 Å². The molecule has 2 aromatic rings. The third-order valence-corrected chi connectivity index (χ3v) is 3.05. The Bertz CT molecular complexity index is 611. The minimum Gasteiger partial charge on any atom is -0.396 e. The number of halogens is 2. The highest BCUT2D eigenvalue weighted by atomic mass is 79.9. The summed E-state index contributed by atoms with van der Waals surface area (Å²) in [5.41, 5.74) is 5.62. The summed E-state index contributed by atoms with van der Waals surface area (Å²) in [6.45, 7) is 0. The zero-order chi connectivity index (χ0) is 13.3. The molecule has 94 valence electrons. The standard InChI is InChI=1S/C11H10BrFN4O/c1-17-10(2-3-15-17)16-11(18)6-4-9(14)8(13)5-7(6)12/h2-5H,14H2,1H3,(H,16,18). The smallest absolute Gasteiger partial charge is 0.258 e. The van der Waals surface area contributed by atoms with Crippen molar-refractivity contribution in [3.05, 3.63) is 40.2 Å². The van der Waals surface area contributed by atoms with E-state index < -0.39 is 11.7 Å². The van der Waals surface area contributed by atoms with Crippen LogP contribution in [0, 0.1) is 5.82 Å². The van der Waals surface area contributed by atoms with Gasteiger partial charge in [0.2, 0.25) is 0 Å². The molecule has 7 heteroatoms. The number of rotatable bonds is 2. The van der Waals surface area contributed by atoms with E-state index in [1.807, 2.05) is 0 Å². The lowest BCUT2D eigenvalue weighted by molar-refractivity contribution is 0.102. The Labute approximate surface area is 111 Å². The highest BCUT2D eigenvalue weighted by Gasteiger charge is 2.14. The van der Waals surface area contributed by atoms with E-state index in [2.05, 4.69) is 26.3 Å². The zero-order valence-electron chi connectivity index (χ0n) is 9.45. The van der Waals surface area contributed by atoms with E-state index >= 15 is 0 Å². The third kappa shape index (κ3) is 2.35. The highest BCUT2D eigenvalue weighted by molar-refractivity contribution is 9.10. The fourth-order valence-electron chi connectivity index (χ4n) is 1.42. The first-order valence-electron chi connectivity index (χ1n) is 5.03. The van der Waals surface area contributed by atoms with Gasteiger partial charge in [0.05, 0.1) is 17.4 Å². The second-order valence-corrected chi connectivity index (χ2v) is 4.50. The van der Waals surface area contributed by atoms with Gasteiger partial charge in [-0.2, -0.15) is 5.10 Å². The van der Waals surface area contributed by atoms with Crippen molar-refractivity contribution in [1.82, 2.24) is 9.78 Å². The number of aromatic nitrogens is 2. The summed E-state index contributed by atoms with van der Waals surface area (Å²) < 4.78 is 15.0. The molecule has 0 aliphatic heterocycles. The van der Waals surface area contributed by atoms with Gasteiger partial charge >= 0.3 is 0 Å². The second-order valence-electron chi connectivity index (χ2n) is 3.65. The number of amides is 1. The van der Waals surface area contributed by atoms with Crippen LogP contribution in [-0.4, -0.2) is 15.7 Å². The maximum Gasteiger partial charge on any atom is 0.258 e. The SMILES string of the molecule is Cn1nccc1NC(=O)c1cc(N)c(F)cc1Br. The number of hydrogen-bond acceptors (Lipinski definition) is 3. The van der Waals surface area contributed by atoms with E-state index in [1.165, 1.54) is 10.7 Å². The Morgan fingerprint density at radius 3 is 2.89 bits per heavy atom. The van der Waals surface area contributed by atoms with Gasteiger partial charge in [-0.15, -0.1) is 0 Å². The molecule has 1 aromatic carbocycles. The summed E-state index contributed by atoms with van der Waals surface area (Å²) in [5, 5.41) is 6.57. The van der Waals surface area contributed by atoms with E-state index in [-0.39, 0.29) is 11.3 Å². The van der Waals surface area contributed by atoms with Gasteiger partial charge in [0, 0.05) is 17.6 Å². The largest absolute Gasteiger partial charge is 0.396 e. The summed E-state index contributed by atoms with van der Waals surface area (Å²) in [5.74, 6) is -0.425. The van der Waals surface area contributed by atoms with Crippen LogP contribution >= 0.6 is 15.9 Å². The predicted octanol–water partition coefficient (Wildman–Crippen LogP) is 2.16. The highest BCUT2D eigenvalue weighted by Crippen LogP contribution is 2.23. The molecule has 1 amide bonds. The summed E-state index contributed by atoms with van der Waals surface area (Å²) in [4.78, 5) is 12.0. The molecule has 5 nitrogen and oxygen atoms in total. The molecule has 0 spiro atoms. The number of anilines is 2. The first kappa shape index (κ1) is 12.6. The van der Waals surface area contributed by atoms with Gasteiger partial charge in [-0.1, -0.05) is 0 Å². The Morgan fingerprint density at radius 2 is 2.28 bits per heavy atom. The molecule has 1 aromatic heterocycles. The van der Waals surface area contributed by atoms with Crippen LogP contribution in [0.5, 0.6) is 0 Å². The van der Waals surface area contributed by atoms with Crippen LogP contribution in [-0.2, 0) is 7.05 Å². The van der Waals surface area contributed by atoms with Crippen LogP contribution in [0.3, 0.4) is 0 Å². The van der Waals surface area contributed by atoms with Gasteiger partial charge in [0.1, 0.15) is 11.6 Å². The van der Waals surface area contributed by atoms with Crippen LogP contribution < -0.4 is 11.1 Å². The van der Waals surface area contributed by atoms with E-state index in [9.17, 15) is 9.18 Å². The molecule has 1 heterocycles. The Hall–Kier alpha value is -1.89. The number of nitrogens with two attached hydrogens (primary N) is 1. The van der Waals surface area contributed by atoms with Crippen molar-refractivity contribution in [2.45, 2.75) is 0 Å². The average Bonchev–Trinajstić information content (AvgIpc) is 2.69. The van der Waals surface area contributed by atoms with Crippen LogP contribution in [0.2, 0.25) is 0 Å². The number of carbonyl (C=O) groups excluding carboxylic acids is 1. The molecule has 3 N–H and O–H groups in total. The lowest BCUT2D eigenvalue weighted by Crippen LogP contribution is -2.15. The minimum absolute atomic E-state index is 0.0756. The molecule has 18 heavy (non-hydrogen) atoms. The van der Waals surface area contributed by atoms with Crippen molar-refractivity contribution in [1.29, 1.82) is 0 Å². The molecular formula is C11H10BrFN4O. The zero-order valence-corrected chi connectivity index (χ0v) is 11.0. The lowest BCUT2D eigenvalue weighted by Gasteiger charge is -2.08. The number of aryl methyl sites for hydroxylation is 1. The van der Waals surface area contributed by atoms with Gasteiger partial charge in [-0.3, -0.25) is 9.48 Å². The number of nitrogens with one attached hydrogen (secondary N) is 1. The molecule has 0 radical (unpaired) electrons. The van der Waals surface area contributed by atoms with Gasteiger partial charge in [-0.05, 0) is 28.1 Å². The number of nitrogens with zero attached hydrogens (tertiary/aromatic N) is 2. The number of benzene rings is 1. The molecule has 0 bridgehead atoms. The van der Waals surface area contributed by atoms with E-state index in [0.717, 1.165) is 6.07 Å². The topological polar surface area (TPSA) is 72.9 Å². The number of hydrogen-bond donors (Lipinski definition) is 2. The fraction of sp³-hybridized carbons (Fsp3) is 0.0909. The summed E-state index contributed by atoms with van der Waals surface area (Å²) >= 11 is 3.13. The quantitative estimate of drug-likeness (QED) is 0.835. The molecule has 0 saturated heterocycles. The maximum absolute atomic E-state index is 13.2. The average molecular weight is 313 g/mol. The number of carbonyl (C=O) groups is 1. The third-order valence-electron chi connectivity index (χ3n) is 2.39. The van der Waals surface area contributed by atoms with Gasteiger partial charge in [0.25, 0.3) is 5.91 Å². The van der Waals surface area contributed by atoms with Crippen molar-refractivity contribution in [3.63, 3.8) is 0 Å². The van der Waals surface area contributed by atoms with Crippen LogP contribution in [0.25, 0.3) is 0 Å². The van der Waals surface area contributed by atoms with Gasteiger partial charge < -0.3 is 11.1 Å². The van der Waals surface area contributed by atoms with Crippen LogP contribution in [0.15, 0.2) is 28.9 Å². The molecule has 0 fully saturated rings. The van der Waals surface area contributed by atoms with Crippen LogP contribution in [0.1, 0.15) is 10.4 Å². The Kier molecular flexibility index (Phi) is 3.33. The lowest BCUT2D eigenvalue weighted by atomic mass is 10.2. The van der Waals surface area contributed by atoms with Crippen molar-refractivity contribution in [3.8, 4) is 0 Å². The van der Waals surface area contributed by atoms with E-state index in [4.69, 9.17) is 5.73 Å². The first-order chi connectivity index (χ1) is 8.49. The normalized spacial score (nSPS) is 10.4. The summed E-state index contributed by atoms with van der Waals surface area (Å²) in [6.07, 6.45) is 1.56. The molecular weight excluding hydrogens is 303 g/mol. The minimum atomic E-state index is -0.570. The molecule has 0 aliphatic carbocycles. The van der Waals surface area contributed by atoms with Gasteiger partial charge in [-0.25, -0.2) is 4.39 Å². The maximum atomic E-state index is 13.2. The first-order valence-corrected chi connectivity index (χ1v) is 5.82. The number of nitrogen functional groups attached to an aromatic ring is 1. The predicted molar refractivity (Wildman–Crippen MR) is 69.7 cm³/mol. The van der Waals surface area contributed by atoms with Crippen molar-refractivity contribution in [2.24, 2.45) is 7.05 Å². The van der Waals surface area contributed by atoms with Crippen LogP contribution in [0.4, 0.5) is 15.9 Å². The monoisotopic (exact) mass is 312 g/mol. The molecule has 2 rings (SSSR count). The van der Waals surface area contributed by atoms with E-state index in [0.29, 0.717) is 10.3 Å². The fourth-order valence-corrected chi connectivity index (χ4v) is 1.92. The molecule has 0 unspecified atom stereocenters. The van der Waals surface area contributed by atoms with Crippen molar-refractivity contribution in [2.75, 3.05) is 11.1 Å². The molecule has 0 saturated carbocycles. The Balaban J connectivity index is 2.30. The molecule has 0 aliphatic rings. The van der Waals surface area contributed by atoms with Crippen molar-refractivity contribution >= 4 is 33.3 Å². The molecule has 0 atom stereocenters. The van der Waals surface area contributed by atoms with E-state index in [1.54, 1.807) is 19.3 Å². The second kappa shape index (κ2) is 4.77. The van der Waals surface area contributed by atoms with Crippen molar-refractivity contribution < 1.29 is 9.18 Å². The Morgan fingerprint density at radius 1 is 1.56 bits per heavy atom.